The maximum absolute atomic E-state index is 12.8. The summed E-state index contributed by atoms with van der Waals surface area (Å²) in [4.78, 5) is 0. The quantitative estimate of drug-likeness (QED) is 0.862. The molecule has 2 rings (SSSR count). The summed E-state index contributed by atoms with van der Waals surface area (Å²) in [6.45, 7) is 2.82. The van der Waals surface area contributed by atoms with Crippen LogP contribution in [0.3, 0.4) is 0 Å². The molecule has 0 bridgehead atoms. The Morgan fingerprint density at radius 1 is 1.24 bits per heavy atom. The molecule has 1 aromatic carbocycles. The highest BCUT2D eigenvalue weighted by atomic mass is 19.1. The first-order chi connectivity index (χ1) is 8.19. The van der Waals surface area contributed by atoms with Crippen LogP contribution >= 0.6 is 0 Å². The highest BCUT2D eigenvalue weighted by Gasteiger charge is 2.05. The van der Waals surface area contributed by atoms with Gasteiger partial charge >= 0.3 is 0 Å². The van der Waals surface area contributed by atoms with E-state index in [-0.39, 0.29) is 11.9 Å². The summed E-state index contributed by atoms with van der Waals surface area (Å²) in [5, 5.41) is 0. The van der Waals surface area contributed by atoms with E-state index in [4.69, 9.17) is 5.73 Å². The van der Waals surface area contributed by atoms with Crippen molar-refractivity contribution in [2.75, 3.05) is 0 Å². The number of rotatable bonds is 4. The van der Waals surface area contributed by atoms with Gasteiger partial charge in [0.2, 0.25) is 0 Å². The first-order valence-corrected chi connectivity index (χ1v) is 5.84. The molecule has 2 aromatic rings. The van der Waals surface area contributed by atoms with Gasteiger partial charge in [-0.15, -0.1) is 0 Å². The summed E-state index contributed by atoms with van der Waals surface area (Å²) >= 11 is 0. The van der Waals surface area contributed by atoms with E-state index in [2.05, 4.69) is 17.7 Å². The Labute approximate surface area is 101 Å². The van der Waals surface area contributed by atoms with E-state index in [1.54, 1.807) is 12.1 Å². The largest absolute Gasteiger partial charge is 0.350 e. The van der Waals surface area contributed by atoms with Crippen LogP contribution < -0.4 is 5.73 Å². The number of hydrogen-bond acceptors (Lipinski definition) is 1. The van der Waals surface area contributed by atoms with Crippen molar-refractivity contribution in [3.8, 4) is 0 Å². The molecule has 0 spiro atoms. The van der Waals surface area contributed by atoms with Gasteiger partial charge in [-0.05, 0) is 35.7 Å². The zero-order chi connectivity index (χ0) is 12.3. The second-order valence-electron chi connectivity index (χ2n) is 4.26. The third kappa shape index (κ3) is 2.94. The number of aromatic nitrogens is 1. The molecule has 1 unspecified atom stereocenters. The highest BCUT2D eigenvalue weighted by molar-refractivity contribution is 5.19. The van der Waals surface area contributed by atoms with E-state index in [1.807, 2.05) is 12.3 Å². The van der Waals surface area contributed by atoms with Gasteiger partial charge in [0.1, 0.15) is 5.82 Å². The van der Waals surface area contributed by atoms with E-state index in [9.17, 15) is 4.39 Å². The summed E-state index contributed by atoms with van der Waals surface area (Å²) in [6.07, 6.45) is 4.99. The zero-order valence-corrected chi connectivity index (χ0v) is 9.94. The van der Waals surface area contributed by atoms with Crippen LogP contribution in [0.15, 0.2) is 42.7 Å². The standard InChI is InChI=1S/C14H17FN2/c1-2-14(16)12-7-8-17(10-12)9-11-3-5-13(15)6-4-11/h3-8,10,14H,2,9,16H2,1H3. The number of hydrogen-bond donors (Lipinski definition) is 1. The summed E-state index contributed by atoms with van der Waals surface area (Å²) < 4.78 is 14.8. The molecule has 0 fully saturated rings. The Balaban J connectivity index is 2.08. The van der Waals surface area contributed by atoms with Crippen molar-refractivity contribution in [2.24, 2.45) is 5.73 Å². The van der Waals surface area contributed by atoms with Gasteiger partial charge in [0.25, 0.3) is 0 Å². The zero-order valence-electron chi connectivity index (χ0n) is 9.94. The molecule has 0 saturated carbocycles. The molecule has 0 saturated heterocycles. The van der Waals surface area contributed by atoms with Crippen LogP contribution in [0, 0.1) is 5.82 Å². The van der Waals surface area contributed by atoms with E-state index in [1.165, 1.54) is 12.1 Å². The van der Waals surface area contributed by atoms with Gasteiger partial charge in [0, 0.05) is 25.0 Å². The molecule has 0 amide bonds. The van der Waals surface area contributed by atoms with Crippen LogP contribution in [0.25, 0.3) is 0 Å². The van der Waals surface area contributed by atoms with E-state index < -0.39 is 0 Å². The van der Waals surface area contributed by atoms with Crippen LogP contribution in [0.4, 0.5) is 4.39 Å². The van der Waals surface area contributed by atoms with Crippen molar-refractivity contribution in [2.45, 2.75) is 25.9 Å². The van der Waals surface area contributed by atoms with Crippen LogP contribution in [-0.2, 0) is 6.54 Å². The average molecular weight is 232 g/mol. The van der Waals surface area contributed by atoms with E-state index >= 15 is 0 Å². The summed E-state index contributed by atoms with van der Waals surface area (Å²) in [5.41, 5.74) is 8.19. The van der Waals surface area contributed by atoms with Crippen molar-refractivity contribution in [1.82, 2.24) is 4.57 Å². The molecule has 0 aliphatic carbocycles. The molecule has 0 radical (unpaired) electrons. The van der Waals surface area contributed by atoms with Gasteiger partial charge in [-0.1, -0.05) is 19.1 Å². The summed E-state index contributed by atoms with van der Waals surface area (Å²) in [5.74, 6) is -0.199. The van der Waals surface area contributed by atoms with Gasteiger partial charge in [0.15, 0.2) is 0 Å². The fourth-order valence-corrected chi connectivity index (χ4v) is 1.81. The topological polar surface area (TPSA) is 30.9 Å². The lowest BCUT2D eigenvalue weighted by molar-refractivity contribution is 0.626. The first kappa shape index (κ1) is 11.9. The molecule has 1 atom stereocenters. The molecule has 2 N–H and O–H groups in total. The van der Waals surface area contributed by atoms with Crippen molar-refractivity contribution < 1.29 is 4.39 Å². The van der Waals surface area contributed by atoms with Gasteiger partial charge in [-0.3, -0.25) is 0 Å². The molecule has 0 aliphatic rings. The molecule has 2 nitrogen and oxygen atoms in total. The maximum Gasteiger partial charge on any atom is 0.123 e. The Bertz CT molecular complexity index is 473. The van der Waals surface area contributed by atoms with Crippen molar-refractivity contribution >= 4 is 0 Å². The number of benzene rings is 1. The Morgan fingerprint density at radius 3 is 2.59 bits per heavy atom. The minimum atomic E-state index is -0.199. The second kappa shape index (κ2) is 5.15. The Morgan fingerprint density at radius 2 is 1.94 bits per heavy atom. The lowest BCUT2D eigenvalue weighted by Gasteiger charge is -2.06. The lowest BCUT2D eigenvalue weighted by atomic mass is 10.1. The number of halogens is 1. The molecular formula is C14H17FN2. The fourth-order valence-electron chi connectivity index (χ4n) is 1.81. The lowest BCUT2D eigenvalue weighted by Crippen LogP contribution is -2.07. The van der Waals surface area contributed by atoms with Crippen molar-refractivity contribution in [3.63, 3.8) is 0 Å². The minimum absolute atomic E-state index is 0.101. The van der Waals surface area contributed by atoms with Crippen LogP contribution in [-0.4, -0.2) is 4.57 Å². The van der Waals surface area contributed by atoms with Gasteiger partial charge in [-0.2, -0.15) is 0 Å². The minimum Gasteiger partial charge on any atom is -0.350 e. The first-order valence-electron chi connectivity index (χ1n) is 5.84. The van der Waals surface area contributed by atoms with Crippen molar-refractivity contribution in [1.29, 1.82) is 0 Å². The predicted molar refractivity (Wildman–Crippen MR) is 67.2 cm³/mol. The monoisotopic (exact) mass is 232 g/mol. The third-order valence-corrected chi connectivity index (χ3v) is 2.92. The van der Waals surface area contributed by atoms with Crippen LogP contribution in [0.1, 0.15) is 30.5 Å². The Hall–Kier alpha value is -1.61. The Kier molecular flexibility index (Phi) is 3.59. The van der Waals surface area contributed by atoms with Gasteiger partial charge in [0.05, 0.1) is 0 Å². The molecular weight excluding hydrogens is 215 g/mol. The summed E-state index contributed by atoms with van der Waals surface area (Å²) in [7, 11) is 0. The van der Waals surface area contributed by atoms with Crippen LogP contribution in [0.2, 0.25) is 0 Å². The molecule has 1 heterocycles. The smallest absolute Gasteiger partial charge is 0.123 e. The van der Waals surface area contributed by atoms with Gasteiger partial charge in [-0.25, -0.2) is 4.39 Å². The summed E-state index contributed by atoms with van der Waals surface area (Å²) in [6, 6.07) is 8.71. The fraction of sp³-hybridized carbons (Fsp3) is 0.286. The molecule has 90 valence electrons. The van der Waals surface area contributed by atoms with Crippen molar-refractivity contribution in [3.05, 3.63) is 59.7 Å². The van der Waals surface area contributed by atoms with E-state index in [0.717, 1.165) is 24.1 Å². The number of nitrogens with two attached hydrogens (primary N) is 1. The average Bonchev–Trinajstić information content (AvgIpc) is 2.80. The van der Waals surface area contributed by atoms with E-state index in [0.29, 0.717) is 0 Å². The highest BCUT2D eigenvalue weighted by Crippen LogP contribution is 2.15. The SMILES string of the molecule is CCC(N)c1ccn(Cc2ccc(F)cc2)c1. The second-order valence-corrected chi connectivity index (χ2v) is 4.26. The maximum atomic E-state index is 12.8. The third-order valence-electron chi connectivity index (χ3n) is 2.92. The predicted octanol–water partition coefficient (Wildman–Crippen LogP) is 3.09. The normalized spacial score (nSPS) is 12.6. The molecule has 0 aliphatic heterocycles. The van der Waals surface area contributed by atoms with Crippen LogP contribution in [0.5, 0.6) is 0 Å². The molecule has 3 heteroatoms. The molecule has 1 aromatic heterocycles. The molecule has 17 heavy (non-hydrogen) atoms. The number of nitrogens with zero attached hydrogens (tertiary/aromatic N) is 1. The van der Waals surface area contributed by atoms with Gasteiger partial charge < -0.3 is 10.3 Å².